The van der Waals surface area contributed by atoms with E-state index >= 15 is 0 Å². The summed E-state index contributed by atoms with van der Waals surface area (Å²) in [6, 6.07) is 5.18. The second kappa shape index (κ2) is 5.69. The number of carbonyl (C=O) groups is 1. The van der Waals surface area contributed by atoms with Gasteiger partial charge in [0.15, 0.2) is 0 Å². The van der Waals surface area contributed by atoms with E-state index in [9.17, 15) is 4.79 Å². The van der Waals surface area contributed by atoms with Crippen molar-refractivity contribution in [1.29, 1.82) is 0 Å². The summed E-state index contributed by atoms with van der Waals surface area (Å²) in [6.07, 6.45) is 0. The number of aromatic amines is 1. The number of pyridine rings is 1. The second-order valence-electron chi connectivity index (χ2n) is 2.85. The van der Waals surface area contributed by atoms with Crippen LogP contribution in [-0.4, -0.2) is 31.5 Å². The predicted molar refractivity (Wildman–Crippen MR) is 51.1 cm³/mol. The summed E-state index contributed by atoms with van der Waals surface area (Å²) >= 11 is 0. The van der Waals surface area contributed by atoms with Crippen molar-refractivity contribution in [2.45, 2.75) is 6.92 Å². The van der Waals surface area contributed by atoms with E-state index in [1.807, 2.05) is 13.0 Å². The van der Waals surface area contributed by atoms with E-state index in [2.05, 4.69) is 30.9 Å². The van der Waals surface area contributed by atoms with Crippen LogP contribution >= 0.6 is 0 Å². The number of hydrogen-bond acceptors (Lipinski definition) is 5. The molecule has 0 unspecified atom stereocenters. The van der Waals surface area contributed by atoms with Crippen LogP contribution in [0, 0.1) is 6.92 Å². The van der Waals surface area contributed by atoms with Gasteiger partial charge in [-0.05, 0) is 24.3 Å². The molecule has 0 atom stereocenters. The molecule has 0 saturated heterocycles. The van der Waals surface area contributed by atoms with E-state index in [1.54, 1.807) is 12.1 Å². The standard InChI is InChI=1S/C8H8N6O.Na/c1-5-3-2-4-6(9-5)7(15)10-8-11-13-14-12-8;/h2-4H,1H3,(H2,10,11,12,13,14,15);/q;+1. The molecule has 16 heavy (non-hydrogen) atoms. The zero-order valence-corrected chi connectivity index (χ0v) is 10.9. The minimum atomic E-state index is -0.361. The molecule has 0 radical (unpaired) electrons. The van der Waals surface area contributed by atoms with Crippen LogP contribution in [0.25, 0.3) is 0 Å². The summed E-state index contributed by atoms with van der Waals surface area (Å²) in [5, 5.41) is 15.2. The number of carbonyl (C=O) groups excluding carboxylic acids is 1. The largest absolute Gasteiger partial charge is 1.00 e. The number of H-pyrrole nitrogens is 1. The Balaban J connectivity index is 0.00000128. The monoisotopic (exact) mass is 227 g/mol. The minimum Gasteiger partial charge on any atom is -0.286 e. The smallest absolute Gasteiger partial charge is 0.286 e. The molecular weight excluding hydrogens is 219 g/mol. The van der Waals surface area contributed by atoms with Gasteiger partial charge >= 0.3 is 29.6 Å². The molecule has 0 aromatic carbocycles. The fourth-order valence-corrected chi connectivity index (χ4v) is 1.05. The first-order valence-electron chi connectivity index (χ1n) is 4.24. The van der Waals surface area contributed by atoms with Gasteiger partial charge in [0, 0.05) is 5.69 Å². The van der Waals surface area contributed by atoms with Gasteiger partial charge < -0.3 is 0 Å². The quantitative estimate of drug-likeness (QED) is 0.539. The van der Waals surface area contributed by atoms with Crippen molar-refractivity contribution in [2.24, 2.45) is 0 Å². The Morgan fingerprint density at radius 2 is 2.25 bits per heavy atom. The van der Waals surface area contributed by atoms with Gasteiger partial charge in [-0.25, -0.2) is 4.98 Å². The maximum Gasteiger partial charge on any atom is 1.00 e. The maximum absolute atomic E-state index is 11.6. The fraction of sp³-hybridized carbons (Fsp3) is 0.125. The van der Waals surface area contributed by atoms with Crippen LogP contribution in [0.4, 0.5) is 5.95 Å². The maximum atomic E-state index is 11.6. The Morgan fingerprint density at radius 3 is 2.88 bits per heavy atom. The molecule has 0 bridgehead atoms. The molecule has 0 aliphatic rings. The SMILES string of the molecule is Cc1cccc(C(=O)Nc2nn[nH]n2)n1.[Na+]. The Labute approximate surface area is 113 Å². The molecule has 7 nitrogen and oxygen atoms in total. The number of rotatable bonds is 2. The molecule has 0 aliphatic carbocycles. The molecule has 1 amide bonds. The van der Waals surface area contributed by atoms with Crippen molar-refractivity contribution in [3.05, 3.63) is 29.6 Å². The average molecular weight is 227 g/mol. The number of amides is 1. The molecule has 2 rings (SSSR count). The Morgan fingerprint density at radius 1 is 1.44 bits per heavy atom. The van der Waals surface area contributed by atoms with Crippen molar-refractivity contribution in [2.75, 3.05) is 5.32 Å². The molecule has 0 spiro atoms. The third kappa shape index (κ3) is 3.09. The van der Waals surface area contributed by atoms with Gasteiger partial charge in [-0.1, -0.05) is 11.2 Å². The van der Waals surface area contributed by atoms with Crippen LogP contribution in [0.3, 0.4) is 0 Å². The van der Waals surface area contributed by atoms with Gasteiger partial charge in [0.2, 0.25) is 0 Å². The van der Waals surface area contributed by atoms with E-state index in [4.69, 9.17) is 0 Å². The van der Waals surface area contributed by atoms with Crippen molar-refractivity contribution in [3.8, 4) is 0 Å². The molecule has 2 aromatic heterocycles. The number of aryl methyl sites for hydroxylation is 1. The Hall–Kier alpha value is -1.31. The normalized spacial score (nSPS) is 9.31. The molecule has 0 aliphatic heterocycles. The van der Waals surface area contributed by atoms with Crippen molar-refractivity contribution >= 4 is 11.9 Å². The predicted octanol–water partition coefficient (Wildman–Crippen LogP) is -2.84. The molecule has 2 N–H and O–H groups in total. The van der Waals surface area contributed by atoms with Crippen LogP contribution in [0.1, 0.15) is 16.2 Å². The van der Waals surface area contributed by atoms with E-state index < -0.39 is 0 Å². The van der Waals surface area contributed by atoms with Crippen molar-refractivity contribution in [1.82, 2.24) is 25.6 Å². The number of anilines is 1. The molecule has 0 saturated carbocycles. The zero-order valence-electron chi connectivity index (χ0n) is 8.93. The number of nitrogens with zero attached hydrogens (tertiary/aromatic N) is 4. The molecule has 2 heterocycles. The summed E-state index contributed by atoms with van der Waals surface area (Å²) in [4.78, 5) is 15.6. The molecule has 0 fully saturated rings. The van der Waals surface area contributed by atoms with Gasteiger partial charge in [0.05, 0.1) is 0 Å². The first kappa shape index (κ1) is 12.8. The van der Waals surface area contributed by atoms with Crippen molar-refractivity contribution < 1.29 is 34.4 Å². The fourth-order valence-electron chi connectivity index (χ4n) is 1.05. The van der Waals surface area contributed by atoms with Crippen LogP contribution < -0.4 is 34.9 Å². The zero-order chi connectivity index (χ0) is 10.7. The molecular formula is C8H8N6NaO+. The average Bonchev–Trinajstić information content (AvgIpc) is 2.70. The molecule has 2 aromatic rings. The summed E-state index contributed by atoms with van der Waals surface area (Å²) in [6.45, 7) is 1.81. The topological polar surface area (TPSA) is 96.5 Å². The first-order chi connectivity index (χ1) is 7.25. The van der Waals surface area contributed by atoms with Gasteiger partial charge in [-0.2, -0.15) is 5.21 Å². The van der Waals surface area contributed by atoms with Gasteiger partial charge in [0.25, 0.3) is 11.9 Å². The van der Waals surface area contributed by atoms with Crippen LogP contribution in [0.2, 0.25) is 0 Å². The first-order valence-corrected chi connectivity index (χ1v) is 4.24. The third-order valence-electron chi connectivity index (χ3n) is 1.69. The minimum absolute atomic E-state index is 0. The van der Waals surface area contributed by atoms with Crippen LogP contribution in [-0.2, 0) is 0 Å². The van der Waals surface area contributed by atoms with E-state index in [0.717, 1.165) is 5.69 Å². The summed E-state index contributed by atoms with van der Waals surface area (Å²) in [7, 11) is 0. The van der Waals surface area contributed by atoms with E-state index in [1.165, 1.54) is 0 Å². The summed E-state index contributed by atoms with van der Waals surface area (Å²) < 4.78 is 0. The van der Waals surface area contributed by atoms with Gasteiger partial charge in [-0.3, -0.25) is 10.1 Å². The van der Waals surface area contributed by atoms with E-state index in [-0.39, 0.29) is 41.4 Å². The summed E-state index contributed by atoms with van der Waals surface area (Å²) in [5.41, 5.74) is 1.09. The van der Waals surface area contributed by atoms with Crippen LogP contribution in [0.15, 0.2) is 18.2 Å². The second-order valence-corrected chi connectivity index (χ2v) is 2.85. The van der Waals surface area contributed by atoms with Gasteiger partial charge in [0.1, 0.15) is 5.69 Å². The number of tetrazole rings is 1. The Kier molecular flexibility index (Phi) is 4.53. The van der Waals surface area contributed by atoms with E-state index in [0.29, 0.717) is 5.69 Å². The third-order valence-corrected chi connectivity index (χ3v) is 1.69. The van der Waals surface area contributed by atoms with Crippen LogP contribution in [0.5, 0.6) is 0 Å². The Bertz CT molecular complexity index is 471. The number of aromatic nitrogens is 5. The molecule has 76 valence electrons. The van der Waals surface area contributed by atoms with Gasteiger partial charge in [-0.15, -0.1) is 5.10 Å². The number of hydrogen-bond donors (Lipinski definition) is 2. The summed E-state index contributed by atoms with van der Waals surface area (Å²) in [5.74, 6) is -0.233. The van der Waals surface area contributed by atoms with Crippen molar-refractivity contribution in [3.63, 3.8) is 0 Å². The molecule has 8 heteroatoms. The number of nitrogens with one attached hydrogen (secondary N) is 2.